The van der Waals surface area contributed by atoms with Crippen molar-refractivity contribution in [2.75, 3.05) is 4.90 Å². The molecule has 11 rings (SSSR count). The molecule has 0 fully saturated rings. The molecule has 0 saturated carbocycles. The fourth-order valence-corrected chi connectivity index (χ4v) is 10.4. The number of fused-ring (bicyclic) bond motifs is 9. The minimum atomic E-state index is -0.160. The molecular weight excluding hydrogens is 687 g/mol. The van der Waals surface area contributed by atoms with Gasteiger partial charge in [0.25, 0.3) is 0 Å². The average Bonchev–Trinajstić information content (AvgIpc) is 3.64. The van der Waals surface area contributed by atoms with Crippen molar-refractivity contribution in [3.8, 4) is 44.5 Å². The Morgan fingerprint density at radius 2 is 0.825 bits per heavy atom. The average molecular weight is 730 g/mol. The number of benzene rings is 9. The Kier molecular flexibility index (Phi) is 7.32. The maximum atomic E-state index is 2.53. The van der Waals surface area contributed by atoms with Crippen molar-refractivity contribution in [3.05, 3.63) is 210 Å². The highest BCUT2D eigenvalue weighted by Gasteiger charge is 2.39. The topological polar surface area (TPSA) is 3.24 Å². The molecule has 1 nitrogen and oxygen atoms in total. The number of hydrogen-bond donors (Lipinski definition) is 0. The highest BCUT2D eigenvalue weighted by Crippen LogP contribution is 2.56. The first-order chi connectivity index (χ1) is 27.8. The van der Waals surface area contributed by atoms with Gasteiger partial charge in [0.1, 0.15) is 0 Å². The van der Waals surface area contributed by atoms with Crippen molar-refractivity contribution in [2.24, 2.45) is 0 Å². The lowest BCUT2D eigenvalue weighted by molar-refractivity contribution is 0.660. The molecule has 0 spiro atoms. The number of nitrogens with zero attached hydrogens (tertiary/aromatic N) is 1. The van der Waals surface area contributed by atoms with Crippen LogP contribution in [0.15, 0.2) is 188 Å². The van der Waals surface area contributed by atoms with Gasteiger partial charge in [-0.05, 0) is 101 Å². The first-order valence-electron chi connectivity index (χ1n) is 20.2. The lowest BCUT2D eigenvalue weighted by atomic mass is 9.78. The zero-order valence-electron chi connectivity index (χ0n) is 32.8. The summed E-state index contributed by atoms with van der Waals surface area (Å²) < 4.78 is 0. The van der Waals surface area contributed by atoms with Gasteiger partial charge in [0.15, 0.2) is 0 Å². The Bertz CT molecular complexity index is 3090. The lowest BCUT2D eigenvalue weighted by Crippen LogP contribution is -2.17. The van der Waals surface area contributed by atoms with Crippen LogP contribution in [-0.2, 0) is 10.8 Å². The van der Waals surface area contributed by atoms with E-state index in [9.17, 15) is 0 Å². The largest absolute Gasteiger partial charge is 0.309 e. The van der Waals surface area contributed by atoms with Crippen molar-refractivity contribution < 1.29 is 0 Å². The quantitative estimate of drug-likeness (QED) is 0.159. The molecule has 0 unspecified atom stereocenters. The van der Waals surface area contributed by atoms with E-state index in [0.717, 1.165) is 17.1 Å². The van der Waals surface area contributed by atoms with E-state index in [4.69, 9.17) is 0 Å². The van der Waals surface area contributed by atoms with E-state index in [-0.39, 0.29) is 10.8 Å². The third-order valence-electron chi connectivity index (χ3n) is 13.0. The number of anilines is 3. The third-order valence-corrected chi connectivity index (χ3v) is 13.0. The van der Waals surface area contributed by atoms with Crippen LogP contribution < -0.4 is 4.90 Å². The highest BCUT2D eigenvalue weighted by atomic mass is 15.1. The van der Waals surface area contributed by atoms with Gasteiger partial charge in [-0.25, -0.2) is 0 Å². The first-order valence-corrected chi connectivity index (χ1v) is 20.2. The summed E-state index contributed by atoms with van der Waals surface area (Å²) in [6.07, 6.45) is 0. The van der Waals surface area contributed by atoms with Crippen molar-refractivity contribution in [1.29, 1.82) is 0 Å². The molecule has 0 heterocycles. The van der Waals surface area contributed by atoms with Gasteiger partial charge in [-0.1, -0.05) is 191 Å². The first kappa shape index (κ1) is 33.6. The van der Waals surface area contributed by atoms with E-state index in [1.54, 1.807) is 0 Å². The van der Waals surface area contributed by atoms with Gasteiger partial charge in [0.2, 0.25) is 0 Å². The maximum absolute atomic E-state index is 2.53. The van der Waals surface area contributed by atoms with Crippen LogP contribution >= 0.6 is 0 Å². The molecule has 0 atom stereocenters. The van der Waals surface area contributed by atoms with Crippen molar-refractivity contribution in [1.82, 2.24) is 0 Å². The van der Waals surface area contributed by atoms with Crippen LogP contribution in [0.3, 0.4) is 0 Å². The van der Waals surface area contributed by atoms with Crippen LogP contribution in [0.1, 0.15) is 49.9 Å². The summed E-state index contributed by atoms with van der Waals surface area (Å²) in [5, 5.41) is 5.02. The van der Waals surface area contributed by atoms with Crippen LogP contribution in [0.2, 0.25) is 0 Å². The molecule has 1 heteroatoms. The number of rotatable bonds is 5. The minimum Gasteiger partial charge on any atom is -0.309 e. The summed E-state index contributed by atoms with van der Waals surface area (Å²) in [7, 11) is 0. The van der Waals surface area contributed by atoms with E-state index in [2.05, 4.69) is 221 Å². The SMILES string of the molecule is CC1(C)c2ccccc2-c2c(-c3ccccc3N(c3ccc4c(ccc5ccccc54)c3)c3ccccc3-c3cccc4c3C(C)(C)c3ccccc3-4)cccc21. The Morgan fingerprint density at radius 1 is 0.333 bits per heavy atom. The van der Waals surface area contributed by atoms with Gasteiger partial charge in [0, 0.05) is 27.6 Å². The summed E-state index contributed by atoms with van der Waals surface area (Å²) in [4.78, 5) is 2.53. The van der Waals surface area contributed by atoms with Crippen molar-refractivity contribution >= 4 is 38.6 Å². The number of para-hydroxylation sites is 2. The van der Waals surface area contributed by atoms with E-state index >= 15 is 0 Å². The normalized spacial score (nSPS) is 14.2. The standard InChI is InChI=1S/C56H43N/c1-55(2)49-27-12-8-22-47(49)53-44(23-16-28-50(53)55)42-20-9-13-29-51(42)57(38-33-34-40-37(35-38)32-31-36-17-5-6-18-39(36)40)52-30-14-10-21-43(52)46-25-15-24-45-41-19-7-11-26-48(41)56(3,4)54(45)46/h5-35H,1-4H3. The summed E-state index contributed by atoms with van der Waals surface area (Å²) in [5.74, 6) is 0. The predicted molar refractivity (Wildman–Crippen MR) is 242 cm³/mol. The second kappa shape index (κ2) is 12.4. The molecule has 0 aliphatic heterocycles. The molecule has 9 aromatic carbocycles. The fraction of sp³-hybridized carbons (Fsp3) is 0.107. The maximum Gasteiger partial charge on any atom is 0.0540 e. The number of hydrogen-bond acceptors (Lipinski definition) is 1. The Hall–Kier alpha value is -6.70. The molecule has 272 valence electrons. The zero-order valence-corrected chi connectivity index (χ0v) is 32.8. The van der Waals surface area contributed by atoms with Gasteiger partial charge in [0.05, 0.1) is 11.4 Å². The van der Waals surface area contributed by atoms with E-state index in [0.29, 0.717) is 0 Å². The van der Waals surface area contributed by atoms with E-state index in [1.807, 2.05) is 0 Å². The lowest BCUT2D eigenvalue weighted by Gasteiger charge is -2.32. The second-order valence-electron chi connectivity index (χ2n) is 16.9. The molecule has 2 aliphatic rings. The van der Waals surface area contributed by atoms with Gasteiger partial charge < -0.3 is 4.90 Å². The molecule has 9 aromatic rings. The predicted octanol–water partition coefficient (Wildman–Crippen LogP) is 15.4. The Labute approximate surface area is 335 Å². The van der Waals surface area contributed by atoms with Crippen LogP contribution in [0.4, 0.5) is 17.1 Å². The summed E-state index contributed by atoms with van der Waals surface area (Å²) >= 11 is 0. The molecule has 0 aromatic heterocycles. The van der Waals surface area contributed by atoms with Crippen LogP contribution in [-0.4, -0.2) is 0 Å². The van der Waals surface area contributed by atoms with Crippen LogP contribution in [0.5, 0.6) is 0 Å². The highest BCUT2D eigenvalue weighted by molar-refractivity contribution is 6.09. The smallest absolute Gasteiger partial charge is 0.0540 e. The van der Waals surface area contributed by atoms with Crippen molar-refractivity contribution in [3.63, 3.8) is 0 Å². The monoisotopic (exact) mass is 729 g/mol. The summed E-state index contributed by atoms with van der Waals surface area (Å²) in [5.41, 5.74) is 19.0. The molecular formula is C56H43N. The van der Waals surface area contributed by atoms with Crippen molar-refractivity contribution in [2.45, 2.75) is 38.5 Å². The Morgan fingerprint density at radius 3 is 1.58 bits per heavy atom. The van der Waals surface area contributed by atoms with E-state index in [1.165, 1.54) is 88.3 Å². The summed E-state index contributed by atoms with van der Waals surface area (Å²) in [6.45, 7) is 9.51. The van der Waals surface area contributed by atoms with Gasteiger partial charge in [-0.15, -0.1) is 0 Å². The van der Waals surface area contributed by atoms with Gasteiger partial charge in [-0.2, -0.15) is 0 Å². The van der Waals surface area contributed by atoms with Gasteiger partial charge >= 0.3 is 0 Å². The molecule has 0 saturated heterocycles. The second-order valence-corrected chi connectivity index (χ2v) is 16.9. The zero-order chi connectivity index (χ0) is 38.5. The Balaban J connectivity index is 1.19. The molecule has 0 amide bonds. The molecule has 2 aliphatic carbocycles. The van der Waals surface area contributed by atoms with E-state index < -0.39 is 0 Å². The van der Waals surface area contributed by atoms with Crippen LogP contribution in [0, 0.1) is 0 Å². The minimum absolute atomic E-state index is 0.0949. The molecule has 0 bridgehead atoms. The third kappa shape index (κ3) is 4.88. The molecule has 57 heavy (non-hydrogen) atoms. The molecule has 0 N–H and O–H groups in total. The summed E-state index contributed by atoms with van der Waals surface area (Å²) in [6, 6.07) is 70.1. The van der Waals surface area contributed by atoms with Gasteiger partial charge in [-0.3, -0.25) is 0 Å². The fourth-order valence-electron chi connectivity index (χ4n) is 10.4. The van der Waals surface area contributed by atoms with Crippen LogP contribution in [0.25, 0.3) is 66.1 Å². The molecule has 0 radical (unpaired) electrons.